The smallest absolute Gasteiger partial charge is 0.387 e. The molecule has 0 atom stereocenters. The second kappa shape index (κ2) is 6.36. The number of hydrogen-bond acceptors (Lipinski definition) is 2. The van der Waals surface area contributed by atoms with E-state index < -0.39 is 6.61 Å². The Bertz CT molecular complexity index is 731. The van der Waals surface area contributed by atoms with Crippen LogP contribution in [0.4, 0.5) is 14.5 Å². The van der Waals surface area contributed by atoms with Gasteiger partial charge in [-0.15, -0.1) is 0 Å². The summed E-state index contributed by atoms with van der Waals surface area (Å²) in [4.78, 5) is 14.5. The number of carbonyl (C=O) groups excluding carboxylic acids is 1. The molecule has 0 unspecified atom stereocenters. The number of carbonyl (C=O) groups is 1. The molecule has 1 amide bonds. The molecular weight excluding hydrogens is 300 g/mol. The van der Waals surface area contributed by atoms with Gasteiger partial charge in [0.15, 0.2) is 0 Å². The van der Waals surface area contributed by atoms with Crippen LogP contribution in [0.25, 0.3) is 0 Å². The first kappa shape index (κ1) is 15.5. The van der Waals surface area contributed by atoms with Crippen molar-refractivity contribution >= 4 is 11.6 Å². The van der Waals surface area contributed by atoms with Crippen molar-refractivity contribution in [1.29, 1.82) is 0 Å². The van der Waals surface area contributed by atoms with E-state index in [1.165, 1.54) is 12.1 Å². The number of fused-ring (bicyclic) bond motifs is 1. The van der Waals surface area contributed by atoms with E-state index in [1.807, 2.05) is 19.1 Å². The summed E-state index contributed by atoms with van der Waals surface area (Å²) in [6, 6.07) is 11.9. The molecule has 3 rings (SSSR count). The average molecular weight is 317 g/mol. The van der Waals surface area contributed by atoms with E-state index in [2.05, 4.69) is 10.8 Å². The van der Waals surface area contributed by atoms with Gasteiger partial charge in [-0.2, -0.15) is 8.78 Å². The summed E-state index contributed by atoms with van der Waals surface area (Å²) < 4.78 is 29.0. The quantitative estimate of drug-likeness (QED) is 0.849. The van der Waals surface area contributed by atoms with E-state index in [4.69, 9.17) is 0 Å². The summed E-state index contributed by atoms with van der Waals surface area (Å²) in [6.45, 7) is -0.264. The zero-order valence-corrected chi connectivity index (χ0v) is 12.8. The molecule has 0 saturated carbocycles. The molecule has 0 aromatic heterocycles. The van der Waals surface area contributed by atoms with Crippen LogP contribution in [0.15, 0.2) is 42.5 Å². The predicted octanol–water partition coefficient (Wildman–Crippen LogP) is 4.19. The molecule has 5 heteroatoms. The Labute approximate surface area is 133 Å². The van der Waals surface area contributed by atoms with E-state index in [1.54, 1.807) is 17.0 Å². The van der Waals surface area contributed by atoms with Gasteiger partial charge in [0.25, 0.3) is 5.91 Å². The normalized spacial score (nSPS) is 13.8. The lowest BCUT2D eigenvalue weighted by atomic mass is 9.99. The lowest BCUT2D eigenvalue weighted by molar-refractivity contribution is -0.0498. The predicted molar refractivity (Wildman–Crippen MR) is 84.3 cm³/mol. The number of rotatable bonds is 3. The molecule has 0 aliphatic carbocycles. The molecule has 2 aromatic carbocycles. The Hall–Kier alpha value is -2.43. The number of benzene rings is 2. The minimum absolute atomic E-state index is 0.00742. The number of halogens is 2. The van der Waals surface area contributed by atoms with Crippen LogP contribution >= 0.6 is 0 Å². The SMILES string of the molecule is Cc1ccc2c(c1)CCCN2C(=O)c1cccc(OC(F)F)c1. The monoisotopic (exact) mass is 317 g/mol. The van der Waals surface area contributed by atoms with Crippen molar-refractivity contribution in [3.63, 3.8) is 0 Å². The molecule has 0 saturated heterocycles. The minimum atomic E-state index is -2.90. The third-order valence-corrected chi connectivity index (χ3v) is 3.90. The molecule has 0 fully saturated rings. The molecule has 23 heavy (non-hydrogen) atoms. The van der Waals surface area contributed by atoms with Gasteiger partial charge >= 0.3 is 6.61 Å². The van der Waals surface area contributed by atoms with E-state index >= 15 is 0 Å². The van der Waals surface area contributed by atoms with Gasteiger partial charge in [-0.05, 0) is 49.6 Å². The van der Waals surface area contributed by atoms with E-state index in [-0.39, 0.29) is 11.7 Å². The Balaban J connectivity index is 1.90. The fourth-order valence-electron chi connectivity index (χ4n) is 2.90. The largest absolute Gasteiger partial charge is 0.435 e. The lowest BCUT2D eigenvalue weighted by Gasteiger charge is -2.30. The fourth-order valence-corrected chi connectivity index (χ4v) is 2.90. The minimum Gasteiger partial charge on any atom is -0.435 e. The van der Waals surface area contributed by atoms with Gasteiger partial charge in [0.2, 0.25) is 0 Å². The molecular formula is C18H17F2NO2. The van der Waals surface area contributed by atoms with Crippen molar-refractivity contribution in [2.24, 2.45) is 0 Å². The zero-order chi connectivity index (χ0) is 16.4. The van der Waals surface area contributed by atoms with E-state index in [0.29, 0.717) is 12.1 Å². The summed E-state index contributed by atoms with van der Waals surface area (Å²) in [5.74, 6) is -0.207. The summed E-state index contributed by atoms with van der Waals surface area (Å²) in [5.41, 5.74) is 3.54. The third kappa shape index (κ3) is 3.33. The highest BCUT2D eigenvalue weighted by Crippen LogP contribution is 2.29. The Morgan fingerprint density at radius 3 is 2.83 bits per heavy atom. The molecule has 0 bridgehead atoms. The highest BCUT2D eigenvalue weighted by atomic mass is 19.3. The Morgan fingerprint density at radius 1 is 1.22 bits per heavy atom. The van der Waals surface area contributed by atoms with Gasteiger partial charge in [0.05, 0.1) is 0 Å². The Kier molecular flexibility index (Phi) is 4.28. The van der Waals surface area contributed by atoms with E-state index in [0.717, 1.165) is 29.7 Å². The molecule has 3 nitrogen and oxygen atoms in total. The number of aryl methyl sites for hydroxylation is 2. The number of ether oxygens (including phenoxy) is 1. The molecule has 1 aliphatic rings. The maximum atomic E-state index is 12.8. The van der Waals surface area contributed by atoms with Crippen LogP contribution in [-0.4, -0.2) is 19.1 Å². The van der Waals surface area contributed by atoms with Gasteiger partial charge < -0.3 is 9.64 Å². The molecule has 0 spiro atoms. The van der Waals surface area contributed by atoms with Crippen LogP contribution in [-0.2, 0) is 6.42 Å². The first-order chi connectivity index (χ1) is 11.0. The van der Waals surface area contributed by atoms with Crippen molar-refractivity contribution < 1.29 is 18.3 Å². The molecule has 2 aromatic rings. The summed E-state index contributed by atoms with van der Waals surface area (Å²) >= 11 is 0. The maximum absolute atomic E-state index is 12.8. The molecule has 1 aliphatic heterocycles. The second-order valence-corrected chi connectivity index (χ2v) is 5.60. The van der Waals surface area contributed by atoms with Crippen LogP contribution in [0.2, 0.25) is 0 Å². The third-order valence-electron chi connectivity index (χ3n) is 3.90. The number of hydrogen-bond donors (Lipinski definition) is 0. The van der Waals surface area contributed by atoms with Crippen LogP contribution in [0.5, 0.6) is 5.75 Å². The number of anilines is 1. The van der Waals surface area contributed by atoms with Crippen molar-refractivity contribution in [1.82, 2.24) is 0 Å². The van der Waals surface area contributed by atoms with Crippen molar-refractivity contribution in [3.05, 3.63) is 59.2 Å². The maximum Gasteiger partial charge on any atom is 0.387 e. The number of amides is 1. The zero-order valence-electron chi connectivity index (χ0n) is 12.8. The summed E-state index contributed by atoms with van der Waals surface area (Å²) in [7, 11) is 0. The average Bonchev–Trinajstić information content (AvgIpc) is 2.53. The molecule has 0 N–H and O–H groups in total. The van der Waals surface area contributed by atoms with Gasteiger partial charge in [-0.3, -0.25) is 4.79 Å². The first-order valence-corrected chi connectivity index (χ1v) is 7.51. The summed E-state index contributed by atoms with van der Waals surface area (Å²) in [5, 5.41) is 0. The van der Waals surface area contributed by atoms with Gasteiger partial charge in [-0.1, -0.05) is 23.8 Å². The van der Waals surface area contributed by atoms with Gasteiger partial charge in [0.1, 0.15) is 5.75 Å². The molecule has 120 valence electrons. The van der Waals surface area contributed by atoms with Crippen LogP contribution in [0.3, 0.4) is 0 Å². The molecule has 1 heterocycles. The second-order valence-electron chi connectivity index (χ2n) is 5.60. The van der Waals surface area contributed by atoms with Crippen molar-refractivity contribution in [2.75, 3.05) is 11.4 Å². The highest BCUT2D eigenvalue weighted by Gasteiger charge is 2.24. The summed E-state index contributed by atoms with van der Waals surface area (Å²) in [6.07, 6.45) is 1.82. The number of alkyl halides is 2. The van der Waals surface area contributed by atoms with Crippen LogP contribution in [0, 0.1) is 6.92 Å². The van der Waals surface area contributed by atoms with Crippen LogP contribution < -0.4 is 9.64 Å². The van der Waals surface area contributed by atoms with Crippen molar-refractivity contribution in [2.45, 2.75) is 26.4 Å². The van der Waals surface area contributed by atoms with Gasteiger partial charge in [0, 0.05) is 17.8 Å². The van der Waals surface area contributed by atoms with Gasteiger partial charge in [-0.25, -0.2) is 0 Å². The van der Waals surface area contributed by atoms with Crippen LogP contribution in [0.1, 0.15) is 27.9 Å². The topological polar surface area (TPSA) is 29.5 Å². The molecule has 0 radical (unpaired) electrons. The van der Waals surface area contributed by atoms with Crippen molar-refractivity contribution in [3.8, 4) is 5.75 Å². The number of nitrogens with zero attached hydrogens (tertiary/aromatic N) is 1. The first-order valence-electron chi connectivity index (χ1n) is 7.51. The van der Waals surface area contributed by atoms with E-state index in [9.17, 15) is 13.6 Å². The fraction of sp³-hybridized carbons (Fsp3) is 0.278. The lowest BCUT2D eigenvalue weighted by Crippen LogP contribution is -2.35. The Morgan fingerprint density at radius 2 is 2.04 bits per heavy atom. The standard InChI is InChI=1S/C18H17F2NO2/c1-12-7-8-16-13(10-12)5-3-9-21(16)17(22)14-4-2-6-15(11-14)23-18(19)20/h2,4,6-8,10-11,18H,3,5,9H2,1H3. The highest BCUT2D eigenvalue weighted by molar-refractivity contribution is 6.07.